The van der Waals surface area contributed by atoms with Gasteiger partial charge in [0.2, 0.25) is 0 Å². The van der Waals surface area contributed by atoms with Crippen LogP contribution in [0.1, 0.15) is 387 Å². The summed E-state index contributed by atoms with van der Waals surface area (Å²) in [6, 6.07) is 0. The topological polar surface area (TPSA) is 78.9 Å². The van der Waals surface area contributed by atoms with Crippen LogP contribution in [0.25, 0.3) is 0 Å². The molecule has 0 aliphatic carbocycles. The fraction of sp³-hybridized carbons (Fsp3) is 0.851. The van der Waals surface area contributed by atoms with Gasteiger partial charge in [0.15, 0.2) is 6.10 Å². The molecule has 0 heterocycles. The van der Waals surface area contributed by atoms with E-state index < -0.39 is 6.10 Å². The molecule has 0 aliphatic rings. The molecule has 0 aromatic heterocycles. The number of rotatable bonds is 66. The van der Waals surface area contributed by atoms with E-state index in [1.807, 2.05) is 0 Å². The molecule has 0 spiro atoms. The molecule has 80 heavy (non-hydrogen) atoms. The molecule has 0 rings (SSSR count). The number of ether oxygens (including phenoxy) is 3. The lowest BCUT2D eigenvalue weighted by Gasteiger charge is -2.18. The third-order valence-electron chi connectivity index (χ3n) is 16.1. The largest absolute Gasteiger partial charge is 0.462 e. The summed E-state index contributed by atoms with van der Waals surface area (Å²) < 4.78 is 17.0. The van der Waals surface area contributed by atoms with Crippen LogP contribution in [0.15, 0.2) is 48.6 Å². The van der Waals surface area contributed by atoms with Crippen molar-refractivity contribution in [2.45, 2.75) is 393 Å². The van der Waals surface area contributed by atoms with Crippen molar-refractivity contribution in [1.82, 2.24) is 0 Å². The molecule has 468 valence electrons. The maximum atomic E-state index is 13.0. The third-order valence-corrected chi connectivity index (χ3v) is 16.1. The molecule has 0 amide bonds. The van der Waals surface area contributed by atoms with Crippen molar-refractivity contribution in [2.75, 3.05) is 13.2 Å². The number of carbonyl (C=O) groups is 3. The smallest absolute Gasteiger partial charge is 0.306 e. The van der Waals surface area contributed by atoms with Gasteiger partial charge < -0.3 is 14.2 Å². The molecule has 0 saturated heterocycles. The third kappa shape index (κ3) is 66.2. The van der Waals surface area contributed by atoms with E-state index in [1.165, 1.54) is 263 Å². The second-order valence-electron chi connectivity index (χ2n) is 24.1. The molecule has 0 aromatic carbocycles. The van der Waals surface area contributed by atoms with E-state index in [0.717, 1.165) is 83.5 Å². The first kappa shape index (κ1) is 77.4. The predicted molar refractivity (Wildman–Crippen MR) is 349 cm³/mol. The standard InChI is InChI=1S/C74H136O6/c1-4-7-10-13-16-19-22-25-28-31-33-34-35-36-37-38-39-41-43-46-49-52-55-58-61-64-67-73(76)79-70-71(69-78-72(75)66-63-60-57-54-51-48-45-42-30-27-24-21-18-15-12-9-6-3)80-74(77)68-65-62-59-56-53-50-47-44-40-32-29-26-23-20-17-14-11-8-5-2/h9,12,18,21,26-27,29-30,71H,4-8,10-11,13-17,19-20,22-25,28,31-70H2,1-3H3/b12-9-,21-18-,29-26-,30-27-. The van der Waals surface area contributed by atoms with Gasteiger partial charge in [-0.2, -0.15) is 0 Å². The van der Waals surface area contributed by atoms with Crippen LogP contribution in [0.3, 0.4) is 0 Å². The van der Waals surface area contributed by atoms with Crippen molar-refractivity contribution in [3.05, 3.63) is 48.6 Å². The zero-order valence-electron chi connectivity index (χ0n) is 53.9. The Morgan fingerprint density at radius 2 is 0.487 bits per heavy atom. The van der Waals surface area contributed by atoms with Crippen molar-refractivity contribution in [2.24, 2.45) is 0 Å². The summed E-state index contributed by atoms with van der Waals surface area (Å²) in [6.45, 7) is 6.59. The highest BCUT2D eigenvalue weighted by Gasteiger charge is 2.19. The molecule has 0 N–H and O–H groups in total. The highest BCUT2D eigenvalue weighted by atomic mass is 16.6. The first-order chi connectivity index (χ1) is 39.5. The van der Waals surface area contributed by atoms with Crippen molar-refractivity contribution in [3.8, 4) is 0 Å². The predicted octanol–water partition coefficient (Wildman–Crippen LogP) is 24.5. The quantitative estimate of drug-likeness (QED) is 0.0261. The van der Waals surface area contributed by atoms with Gasteiger partial charge in [0.1, 0.15) is 13.2 Å². The van der Waals surface area contributed by atoms with Gasteiger partial charge in [0, 0.05) is 19.3 Å². The Kier molecular flexibility index (Phi) is 66.6. The summed E-state index contributed by atoms with van der Waals surface area (Å²) in [7, 11) is 0. The first-order valence-electron chi connectivity index (χ1n) is 35.6. The molecule has 0 aromatic rings. The SMILES string of the molecule is CC/C=C\C/C=C\C/C=C\CCCCCCCCCC(=O)OCC(COC(=O)CCCCCCCCCCCCCCCCCCCCCCCCCCCC)OC(=O)CCCCCCCCCCC/C=C\CCCCCCCC. The maximum absolute atomic E-state index is 13.0. The average Bonchev–Trinajstić information content (AvgIpc) is 3.46. The lowest BCUT2D eigenvalue weighted by Crippen LogP contribution is -2.30. The van der Waals surface area contributed by atoms with E-state index in [4.69, 9.17) is 14.2 Å². The lowest BCUT2D eigenvalue weighted by molar-refractivity contribution is -0.167. The molecule has 6 heteroatoms. The van der Waals surface area contributed by atoms with E-state index in [-0.39, 0.29) is 31.1 Å². The second kappa shape index (κ2) is 68.9. The van der Waals surface area contributed by atoms with Crippen molar-refractivity contribution in [1.29, 1.82) is 0 Å². The van der Waals surface area contributed by atoms with Gasteiger partial charge in [-0.1, -0.05) is 339 Å². The van der Waals surface area contributed by atoms with Crippen LogP contribution in [-0.4, -0.2) is 37.2 Å². The van der Waals surface area contributed by atoms with E-state index in [1.54, 1.807) is 0 Å². The summed E-state index contributed by atoms with van der Waals surface area (Å²) in [5, 5.41) is 0. The molecule has 0 saturated carbocycles. The summed E-state index contributed by atoms with van der Waals surface area (Å²) >= 11 is 0. The molecule has 0 radical (unpaired) electrons. The molecular formula is C74H136O6. The van der Waals surface area contributed by atoms with Crippen LogP contribution in [-0.2, 0) is 28.6 Å². The highest BCUT2D eigenvalue weighted by Crippen LogP contribution is 2.19. The summed E-state index contributed by atoms with van der Waals surface area (Å²) in [5.74, 6) is -0.858. The van der Waals surface area contributed by atoms with Crippen LogP contribution in [0, 0.1) is 0 Å². The minimum absolute atomic E-state index is 0.0728. The van der Waals surface area contributed by atoms with Gasteiger partial charge in [0.05, 0.1) is 0 Å². The molecular weight excluding hydrogens is 985 g/mol. The Bertz CT molecular complexity index is 1380. The molecule has 0 fully saturated rings. The molecule has 6 nitrogen and oxygen atoms in total. The Morgan fingerprint density at radius 1 is 0.263 bits per heavy atom. The number of carbonyl (C=O) groups excluding carboxylic acids is 3. The Morgan fingerprint density at radius 3 is 0.775 bits per heavy atom. The average molecular weight is 1120 g/mol. The number of allylic oxidation sites excluding steroid dienone is 8. The van der Waals surface area contributed by atoms with Gasteiger partial charge >= 0.3 is 17.9 Å². The van der Waals surface area contributed by atoms with Gasteiger partial charge in [0.25, 0.3) is 0 Å². The summed E-state index contributed by atoms with van der Waals surface area (Å²) in [6.07, 6.45) is 87.1. The lowest BCUT2D eigenvalue weighted by atomic mass is 10.0. The van der Waals surface area contributed by atoms with Crippen LogP contribution in [0.2, 0.25) is 0 Å². The normalized spacial score (nSPS) is 12.3. The first-order valence-corrected chi connectivity index (χ1v) is 35.6. The van der Waals surface area contributed by atoms with Crippen LogP contribution >= 0.6 is 0 Å². The minimum Gasteiger partial charge on any atom is -0.462 e. The fourth-order valence-electron chi connectivity index (χ4n) is 10.8. The minimum atomic E-state index is -0.778. The second-order valence-corrected chi connectivity index (χ2v) is 24.1. The van der Waals surface area contributed by atoms with Gasteiger partial charge in [-0.15, -0.1) is 0 Å². The summed E-state index contributed by atoms with van der Waals surface area (Å²) in [4.78, 5) is 38.5. The van der Waals surface area contributed by atoms with Crippen LogP contribution < -0.4 is 0 Å². The molecule has 0 aliphatic heterocycles. The van der Waals surface area contributed by atoms with Crippen LogP contribution in [0.4, 0.5) is 0 Å². The van der Waals surface area contributed by atoms with E-state index >= 15 is 0 Å². The summed E-state index contributed by atoms with van der Waals surface area (Å²) in [5.41, 5.74) is 0. The van der Waals surface area contributed by atoms with Gasteiger partial charge in [-0.3, -0.25) is 14.4 Å². The van der Waals surface area contributed by atoms with Gasteiger partial charge in [-0.25, -0.2) is 0 Å². The van der Waals surface area contributed by atoms with E-state index in [2.05, 4.69) is 69.4 Å². The fourth-order valence-corrected chi connectivity index (χ4v) is 10.8. The Hall–Kier alpha value is -2.63. The molecule has 1 atom stereocenters. The molecule has 1 unspecified atom stereocenters. The molecule has 0 bridgehead atoms. The number of esters is 3. The number of hydrogen-bond acceptors (Lipinski definition) is 6. The van der Waals surface area contributed by atoms with E-state index in [9.17, 15) is 14.4 Å². The van der Waals surface area contributed by atoms with Crippen molar-refractivity contribution < 1.29 is 28.6 Å². The number of hydrogen-bond donors (Lipinski definition) is 0. The van der Waals surface area contributed by atoms with Gasteiger partial charge in [-0.05, 0) is 77.0 Å². The van der Waals surface area contributed by atoms with Crippen LogP contribution in [0.5, 0.6) is 0 Å². The monoisotopic (exact) mass is 1120 g/mol. The Labute approximate surface area is 498 Å². The van der Waals surface area contributed by atoms with Crippen molar-refractivity contribution >= 4 is 17.9 Å². The number of unbranched alkanes of at least 4 members (excludes halogenated alkanes) is 47. The maximum Gasteiger partial charge on any atom is 0.306 e. The zero-order chi connectivity index (χ0) is 57.8. The highest BCUT2D eigenvalue weighted by molar-refractivity contribution is 5.71. The zero-order valence-corrected chi connectivity index (χ0v) is 53.9. The van der Waals surface area contributed by atoms with E-state index in [0.29, 0.717) is 19.3 Å². The Balaban J connectivity index is 4.27. The van der Waals surface area contributed by atoms with Crippen molar-refractivity contribution in [3.63, 3.8) is 0 Å².